The van der Waals surface area contributed by atoms with Crippen molar-refractivity contribution < 1.29 is 14.6 Å². The summed E-state index contributed by atoms with van der Waals surface area (Å²) in [6.07, 6.45) is 4.02. The van der Waals surface area contributed by atoms with Crippen LogP contribution in [0.1, 0.15) is 47.0 Å². The van der Waals surface area contributed by atoms with E-state index in [0.717, 1.165) is 24.8 Å². The molecule has 0 aromatic carbocycles. The Hall–Kier alpha value is -0.670. The average molecular weight is 248 g/mol. The Kier molecular flexibility index (Phi) is 1.47. The lowest BCUT2D eigenvalue weighted by molar-refractivity contribution is -0.138. The van der Waals surface area contributed by atoms with Gasteiger partial charge >= 0.3 is 0 Å². The van der Waals surface area contributed by atoms with E-state index in [0.29, 0.717) is 0 Å². The van der Waals surface area contributed by atoms with Gasteiger partial charge in [0.25, 0.3) is 0 Å². The maximum absolute atomic E-state index is 12.6. The van der Waals surface area contributed by atoms with Gasteiger partial charge in [-0.25, -0.2) is 0 Å². The van der Waals surface area contributed by atoms with Gasteiger partial charge in [-0.2, -0.15) is 0 Å². The maximum atomic E-state index is 12.6. The molecule has 1 saturated heterocycles. The molecule has 4 rings (SSSR count). The molecule has 1 aliphatic heterocycles. The molecule has 98 valence electrons. The van der Waals surface area contributed by atoms with Gasteiger partial charge in [0.15, 0.2) is 5.78 Å². The topological polar surface area (TPSA) is 46.5 Å². The second-order valence-corrected chi connectivity index (χ2v) is 7.38. The Morgan fingerprint density at radius 1 is 1.28 bits per heavy atom. The van der Waals surface area contributed by atoms with Crippen molar-refractivity contribution in [3.63, 3.8) is 0 Å². The highest BCUT2D eigenvalue weighted by atomic mass is 16.5. The van der Waals surface area contributed by atoms with E-state index < -0.39 is 16.6 Å². The van der Waals surface area contributed by atoms with Crippen molar-refractivity contribution in [2.45, 2.75) is 63.8 Å². The van der Waals surface area contributed by atoms with Crippen LogP contribution in [-0.2, 0) is 9.53 Å². The Labute approximate surface area is 107 Å². The molecule has 0 aromatic rings. The Bertz CT molecular complexity index is 534. The Morgan fingerprint density at radius 2 is 1.94 bits per heavy atom. The van der Waals surface area contributed by atoms with Gasteiger partial charge < -0.3 is 9.84 Å². The molecule has 18 heavy (non-hydrogen) atoms. The lowest BCUT2D eigenvalue weighted by atomic mass is 9.64. The molecule has 3 heteroatoms. The molecule has 0 radical (unpaired) electrons. The van der Waals surface area contributed by atoms with Crippen LogP contribution in [-0.4, -0.2) is 27.7 Å². The van der Waals surface area contributed by atoms with Crippen LogP contribution in [0.5, 0.6) is 0 Å². The zero-order valence-corrected chi connectivity index (χ0v) is 11.5. The van der Waals surface area contributed by atoms with Crippen molar-refractivity contribution in [2.24, 2.45) is 10.8 Å². The van der Waals surface area contributed by atoms with Gasteiger partial charge in [-0.15, -0.1) is 0 Å². The third kappa shape index (κ3) is 0.674. The molecule has 1 heterocycles. The van der Waals surface area contributed by atoms with Crippen molar-refractivity contribution in [2.75, 3.05) is 0 Å². The smallest absolute Gasteiger partial charge is 0.165 e. The molecule has 4 aliphatic rings. The Balaban J connectivity index is 2.07. The van der Waals surface area contributed by atoms with Crippen LogP contribution >= 0.6 is 0 Å². The summed E-state index contributed by atoms with van der Waals surface area (Å²) < 4.78 is 6.29. The summed E-state index contributed by atoms with van der Waals surface area (Å²) in [5, 5.41) is 11.2. The maximum Gasteiger partial charge on any atom is 0.165 e. The van der Waals surface area contributed by atoms with Crippen molar-refractivity contribution in [1.29, 1.82) is 0 Å². The first kappa shape index (κ1) is 11.2. The molecule has 3 fully saturated rings. The van der Waals surface area contributed by atoms with Gasteiger partial charge in [0.2, 0.25) is 0 Å². The normalized spacial score (nSPS) is 59.2. The van der Waals surface area contributed by atoms with Gasteiger partial charge in [-0.3, -0.25) is 4.79 Å². The quantitative estimate of drug-likeness (QED) is 0.713. The largest absolute Gasteiger partial charge is 0.385 e. The van der Waals surface area contributed by atoms with Crippen molar-refractivity contribution in [1.82, 2.24) is 0 Å². The number of rotatable bonds is 0. The SMILES string of the molecule is CC1=CC(=O)[C@]23C[C@]24[C@@]1(O)CC[C@]4(C)OC3(C)C. The molecule has 2 saturated carbocycles. The lowest BCUT2D eigenvalue weighted by Crippen LogP contribution is -2.50. The third-order valence-corrected chi connectivity index (χ3v) is 6.64. The summed E-state index contributed by atoms with van der Waals surface area (Å²) in [4.78, 5) is 12.6. The summed E-state index contributed by atoms with van der Waals surface area (Å²) in [7, 11) is 0. The van der Waals surface area contributed by atoms with Crippen LogP contribution in [0.15, 0.2) is 11.6 Å². The number of carbonyl (C=O) groups is 1. The molecular weight excluding hydrogens is 228 g/mol. The molecule has 1 spiro atoms. The van der Waals surface area contributed by atoms with Crippen molar-refractivity contribution in [3.8, 4) is 0 Å². The van der Waals surface area contributed by atoms with Gasteiger partial charge in [0.1, 0.15) is 0 Å². The first-order valence-corrected chi connectivity index (χ1v) is 6.83. The number of carbonyl (C=O) groups excluding carboxylic acids is 1. The molecule has 1 N–H and O–H groups in total. The summed E-state index contributed by atoms with van der Waals surface area (Å²) in [5.41, 5.74) is -1.67. The van der Waals surface area contributed by atoms with E-state index in [4.69, 9.17) is 4.74 Å². The first-order valence-electron chi connectivity index (χ1n) is 6.83. The van der Waals surface area contributed by atoms with Gasteiger partial charge in [-0.1, -0.05) is 0 Å². The van der Waals surface area contributed by atoms with E-state index in [2.05, 4.69) is 6.92 Å². The van der Waals surface area contributed by atoms with E-state index in [9.17, 15) is 9.90 Å². The van der Waals surface area contributed by atoms with Crippen molar-refractivity contribution >= 4 is 5.78 Å². The minimum absolute atomic E-state index is 0.167. The molecule has 0 bridgehead atoms. The predicted octanol–water partition coefficient (Wildman–Crippen LogP) is 1.98. The molecule has 3 nitrogen and oxygen atoms in total. The minimum atomic E-state index is -0.830. The van der Waals surface area contributed by atoms with Gasteiger partial charge in [-0.05, 0) is 58.6 Å². The van der Waals surface area contributed by atoms with E-state index in [-0.39, 0.29) is 16.8 Å². The zero-order chi connectivity index (χ0) is 13.2. The fraction of sp³-hybridized carbons (Fsp3) is 0.800. The average Bonchev–Trinajstić information content (AvgIpc) is 2.89. The minimum Gasteiger partial charge on any atom is -0.385 e. The highest BCUT2D eigenvalue weighted by Crippen LogP contribution is 2.89. The number of hydrogen-bond donors (Lipinski definition) is 1. The van der Waals surface area contributed by atoms with Crippen LogP contribution in [0.3, 0.4) is 0 Å². The molecule has 3 aliphatic carbocycles. The van der Waals surface area contributed by atoms with Crippen LogP contribution in [0.2, 0.25) is 0 Å². The molecule has 0 amide bonds. The van der Waals surface area contributed by atoms with Gasteiger partial charge in [0, 0.05) is 5.41 Å². The number of ketones is 1. The number of hydrogen-bond acceptors (Lipinski definition) is 3. The Morgan fingerprint density at radius 3 is 2.61 bits per heavy atom. The summed E-state index contributed by atoms with van der Waals surface area (Å²) in [6, 6.07) is 0. The molecule has 0 aromatic heterocycles. The van der Waals surface area contributed by atoms with Crippen LogP contribution in [0, 0.1) is 10.8 Å². The molecular formula is C15H20O3. The summed E-state index contributed by atoms with van der Waals surface area (Å²) >= 11 is 0. The third-order valence-electron chi connectivity index (χ3n) is 6.64. The summed E-state index contributed by atoms with van der Waals surface area (Å²) in [5.74, 6) is 0.167. The molecule has 0 unspecified atom stereocenters. The second kappa shape index (κ2) is 2.36. The number of ether oxygens (including phenoxy) is 1. The van der Waals surface area contributed by atoms with Gasteiger partial charge in [0.05, 0.1) is 22.2 Å². The fourth-order valence-electron chi connectivity index (χ4n) is 5.86. The molecule has 4 atom stereocenters. The van der Waals surface area contributed by atoms with E-state index in [1.54, 1.807) is 6.08 Å². The van der Waals surface area contributed by atoms with E-state index in [1.807, 2.05) is 20.8 Å². The van der Waals surface area contributed by atoms with Crippen molar-refractivity contribution in [3.05, 3.63) is 11.6 Å². The lowest BCUT2D eigenvalue weighted by Gasteiger charge is -2.40. The standard InChI is InChI=1S/C15H20O3/c1-9-7-10(16)13-8-15(13)12(4,18-11(13,2)3)5-6-14(9,15)17/h7,17H,5-6,8H2,1-4H3/t12-,13-,14+,15+/m0/s1. The van der Waals surface area contributed by atoms with E-state index in [1.165, 1.54) is 0 Å². The number of allylic oxidation sites excluding steroid dienone is 1. The predicted molar refractivity (Wildman–Crippen MR) is 66.0 cm³/mol. The fourth-order valence-corrected chi connectivity index (χ4v) is 5.86. The zero-order valence-electron chi connectivity index (χ0n) is 11.5. The van der Waals surface area contributed by atoms with E-state index >= 15 is 0 Å². The van der Waals surface area contributed by atoms with Crippen LogP contribution in [0.4, 0.5) is 0 Å². The highest BCUT2D eigenvalue weighted by molar-refractivity contribution is 6.03. The monoisotopic (exact) mass is 248 g/mol. The first-order chi connectivity index (χ1) is 8.17. The van der Waals surface area contributed by atoms with Crippen LogP contribution in [0.25, 0.3) is 0 Å². The highest BCUT2D eigenvalue weighted by Gasteiger charge is 2.96. The summed E-state index contributed by atoms with van der Waals surface area (Å²) in [6.45, 7) is 8.01. The second-order valence-electron chi connectivity index (χ2n) is 7.38. The van der Waals surface area contributed by atoms with Crippen LogP contribution < -0.4 is 0 Å². The number of aliphatic hydroxyl groups is 1.